The van der Waals surface area contributed by atoms with Crippen LogP contribution in [-0.4, -0.2) is 31.0 Å². The van der Waals surface area contributed by atoms with Crippen molar-refractivity contribution in [2.45, 2.75) is 109 Å². The lowest BCUT2D eigenvalue weighted by Gasteiger charge is -2.43. The number of halogens is 4. The maximum atomic E-state index is 14.7. The molecule has 0 aliphatic heterocycles. The minimum absolute atomic E-state index is 0.0270. The third-order valence-corrected chi connectivity index (χ3v) is 7.86. The molecule has 28 heavy (non-hydrogen) atoms. The molecule has 0 aromatic rings. The van der Waals surface area contributed by atoms with Gasteiger partial charge in [0.25, 0.3) is 0 Å². The fourth-order valence-corrected chi connectivity index (χ4v) is 6.42. The molecule has 1 nitrogen and oxygen atoms in total. The highest BCUT2D eigenvalue weighted by Crippen LogP contribution is 2.47. The Bertz CT molecular complexity index is 464. The zero-order valence-corrected chi connectivity index (χ0v) is 17.5. The standard InChI is InChI=1S/C23H38F4O/c1-3-28-20-13-12-19(21(24)22(20)25)18-10-8-17(9-11-18)16-6-4-15(5-7-16)14-23(2,26)27/h15-22H,3-14H2,1-2H3. The third kappa shape index (κ3) is 5.64. The molecule has 0 N–H and O–H groups in total. The molecule has 0 bridgehead atoms. The zero-order valence-electron chi connectivity index (χ0n) is 17.5. The van der Waals surface area contributed by atoms with Gasteiger partial charge in [-0.3, -0.25) is 0 Å². The van der Waals surface area contributed by atoms with Crippen LogP contribution < -0.4 is 0 Å². The summed E-state index contributed by atoms with van der Waals surface area (Å²) >= 11 is 0. The van der Waals surface area contributed by atoms with E-state index in [1.165, 1.54) is 0 Å². The van der Waals surface area contributed by atoms with Gasteiger partial charge in [-0.2, -0.15) is 0 Å². The minimum atomic E-state index is -2.55. The first-order valence-corrected chi connectivity index (χ1v) is 11.6. The number of alkyl halides is 4. The first kappa shape index (κ1) is 22.4. The van der Waals surface area contributed by atoms with Gasteiger partial charge in [0.05, 0.1) is 6.10 Å². The minimum Gasteiger partial charge on any atom is -0.375 e. The van der Waals surface area contributed by atoms with Gasteiger partial charge in [-0.15, -0.1) is 0 Å². The molecule has 0 aromatic heterocycles. The van der Waals surface area contributed by atoms with Gasteiger partial charge in [0.2, 0.25) is 5.92 Å². The van der Waals surface area contributed by atoms with Gasteiger partial charge in [0.15, 0.2) is 6.17 Å². The molecule has 0 amide bonds. The number of hydrogen-bond donors (Lipinski definition) is 0. The lowest BCUT2D eigenvalue weighted by molar-refractivity contribution is -0.0853. The summed E-state index contributed by atoms with van der Waals surface area (Å²) < 4.78 is 61.0. The lowest BCUT2D eigenvalue weighted by atomic mass is 9.65. The topological polar surface area (TPSA) is 9.23 Å². The van der Waals surface area contributed by atoms with Crippen molar-refractivity contribution in [3.8, 4) is 0 Å². The maximum absolute atomic E-state index is 14.7. The second-order valence-electron chi connectivity index (χ2n) is 9.85. The van der Waals surface area contributed by atoms with Crippen molar-refractivity contribution in [3.05, 3.63) is 0 Å². The molecule has 3 saturated carbocycles. The Morgan fingerprint density at radius 2 is 1.29 bits per heavy atom. The van der Waals surface area contributed by atoms with Crippen molar-refractivity contribution in [1.82, 2.24) is 0 Å². The van der Waals surface area contributed by atoms with Crippen molar-refractivity contribution >= 4 is 0 Å². The van der Waals surface area contributed by atoms with Crippen LogP contribution in [0.1, 0.15) is 84.5 Å². The Labute approximate surface area is 168 Å². The van der Waals surface area contributed by atoms with E-state index >= 15 is 0 Å². The lowest BCUT2D eigenvalue weighted by Crippen LogP contribution is -2.46. The average Bonchev–Trinajstić information content (AvgIpc) is 2.65. The van der Waals surface area contributed by atoms with E-state index in [0.29, 0.717) is 30.8 Å². The maximum Gasteiger partial charge on any atom is 0.245 e. The Balaban J connectivity index is 1.43. The molecule has 0 heterocycles. The van der Waals surface area contributed by atoms with Crippen LogP contribution in [0, 0.1) is 29.6 Å². The van der Waals surface area contributed by atoms with Crippen molar-refractivity contribution in [2.75, 3.05) is 6.61 Å². The highest BCUT2D eigenvalue weighted by atomic mass is 19.3. The van der Waals surface area contributed by atoms with Crippen LogP contribution in [0.2, 0.25) is 0 Å². The molecule has 3 fully saturated rings. The van der Waals surface area contributed by atoms with Crippen LogP contribution in [0.5, 0.6) is 0 Å². The summed E-state index contributed by atoms with van der Waals surface area (Å²) in [4.78, 5) is 0. The molecule has 3 aliphatic rings. The van der Waals surface area contributed by atoms with E-state index in [0.717, 1.165) is 64.7 Å². The van der Waals surface area contributed by atoms with Crippen molar-refractivity contribution in [1.29, 1.82) is 0 Å². The van der Waals surface area contributed by atoms with Gasteiger partial charge >= 0.3 is 0 Å². The largest absolute Gasteiger partial charge is 0.375 e. The van der Waals surface area contributed by atoms with E-state index in [2.05, 4.69) is 0 Å². The molecular weight excluding hydrogens is 368 g/mol. The first-order chi connectivity index (χ1) is 13.3. The van der Waals surface area contributed by atoms with E-state index in [1.807, 2.05) is 6.92 Å². The normalized spacial score (nSPS) is 43.1. The van der Waals surface area contributed by atoms with Crippen LogP contribution in [0.15, 0.2) is 0 Å². The van der Waals surface area contributed by atoms with Crippen LogP contribution in [0.25, 0.3) is 0 Å². The Morgan fingerprint density at radius 3 is 1.82 bits per heavy atom. The second-order valence-corrected chi connectivity index (χ2v) is 9.85. The third-order valence-electron chi connectivity index (χ3n) is 7.86. The summed E-state index contributed by atoms with van der Waals surface area (Å²) in [7, 11) is 0. The summed E-state index contributed by atoms with van der Waals surface area (Å²) in [5.41, 5.74) is 0. The van der Waals surface area contributed by atoms with E-state index in [9.17, 15) is 17.6 Å². The fraction of sp³-hybridized carbons (Fsp3) is 1.00. The molecule has 0 spiro atoms. The van der Waals surface area contributed by atoms with Crippen molar-refractivity contribution < 1.29 is 22.3 Å². The molecule has 4 unspecified atom stereocenters. The molecule has 3 rings (SSSR count). The molecular formula is C23H38F4O. The molecule has 5 heteroatoms. The second kappa shape index (κ2) is 9.66. The first-order valence-electron chi connectivity index (χ1n) is 11.6. The molecule has 164 valence electrons. The van der Waals surface area contributed by atoms with E-state index in [-0.39, 0.29) is 18.3 Å². The zero-order chi connectivity index (χ0) is 20.3. The van der Waals surface area contributed by atoms with Gasteiger partial charge in [-0.1, -0.05) is 0 Å². The number of hydrogen-bond acceptors (Lipinski definition) is 1. The molecule has 0 aromatic carbocycles. The van der Waals surface area contributed by atoms with E-state index in [4.69, 9.17) is 4.74 Å². The predicted molar refractivity (Wildman–Crippen MR) is 104 cm³/mol. The Kier molecular flexibility index (Phi) is 7.72. The van der Waals surface area contributed by atoms with Crippen molar-refractivity contribution in [3.63, 3.8) is 0 Å². The monoisotopic (exact) mass is 406 g/mol. The summed E-state index contributed by atoms with van der Waals surface area (Å²) in [6.45, 7) is 3.29. The van der Waals surface area contributed by atoms with Crippen LogP contribution in [-0.2, 0) is 4.74 Å². The highest BCUT2D eigenvalue weighted by molar-refractivity contribution is 4.94. The van der Waals surface area contributed by atoms with Gasteiger partial charge in [0.1, 0.15) is 6.17 Å². The van der Waals surface area contributed by atoms with Gasteiger partial charge in [-0.25, -0.2) is 17.6 Å². The molecule has 0 radical (unpaired) electrons. The van der Waals surface area contributed by atoms with Crippen molar-refractivity contribution in [2.24, 2.45) is 29.6 Å². The van der Waals surface area contributed by atoms with Gasteiger partial charge < -0.3 is 4.74 Å². The summed E-state index contributed by atoms with van der Waals surface area (Å²) in [6.07, 6.45) is 6.10. The SMILES string of the molecule is CCOC1CCC(C2CCC(C3CCC(CC(C)(F)F)CC3)CC2)C(F)C1F. The average molecular weight is 407 g/mol. The predicted octanol–water partition coefficient (Wildman–Crippen LogP) is 7.14. The molecule has 3 aliphatic carbocycles. The van der Waals surface area contributed by atoms with Crippen LogP contribution in [0.4, 0.5) is 17.6 Å². The fourth-order valence-electron chi connectivity index (χ4n) is 6.42. The quantitative estimate of drug-likeness (QED) is 0.426. The Hall–Kier alpha value is -0.320. The summed E-state index contributed by atoms with van der Waals surface area (Å²) in [5.74, 6) is -0.947. The Morgan fingerprint density at radius 1 is 0.750 bits per heavy atom. The highest BCUT2D eigenvalue weighted by Gasteiger charge is 2.45. The van der Waals surface area contributed by atoms with Crippen LogP contribution >= 0.6 is 0 Å². The van der Waals surface area contributed by atoms with E-state index in [1.54, 1.807) is 0 Å². The number of ether oxygens (including phenoxy) is 1. The van der Waals surface area contributed by atoms with Crippen LogP contribution in [0.3, 0.4) is 0 Å². The summed E-state index contributed by atoms with van der Waals surface area (Å²) in [5, 5.41) is 0. The molecule has 0 saturated heterocycles. The summed E-state index contributed by atoms with van der Waals surface area (Å²) in [6, 6.07) is 0. The number of rotatable bonds is 6. The molecule has 4 atom stereocenters. The van der Waals surface area contributed by atoms with Gasteiger partial charge in [0, 0.05) is 13.0 Å². The smallest absolute Gasteiger partial charge is 0.245 e. The van der Waals surface area contributed by atoms with E-state index < -0.39 is 24.4 Å². The van der Waals surface area contributed by atoms with Gasteiger partial charge in [-0.05, 0) is 108 Å².